The van der Waals surface area contributed by atoms with Gasteiger partial charge in [0.05, 0.1) is 0 Å². The Bertz CT molecular complexity index is 3140. The van der Waals surface area contributed by atoms with Crippen molar-refractivity contribution in [2.75, 3.05) is 4.90 Å². The Morgan fingerprint density at radius 3 is 1.58 bits per heavy atom. The molecule has 1 heterocycles. The molecule has 1 aliphatic rings. The summed E-state index contributed by atoms with van der Waals surface area (Å²) >= 11 is 1.87. The second-order valence-electron chi connectivity index (χ2n) is 16.1. The number of para-hydroxylation sites is 1. The maximum Gasteiger partial charge on any atom is 0.0462 e. The molecule has 0 saturated heterocycles. The van der Waals surface area contributed by atoms with Gasteiger partial charge >= 0.3 is 0 Å². The quantitative estimate of drug-likeness (QED) is 0.156. The van der Waals surface area contributed by atoms with Crippen LogP contribution in [0.2, 0.25) is 0 Å². The van der Waals surface area contributed by atoms with Crippen LogP contribution in [0.25, 0.3) is 75.8 Å². The van der Waals surface area contributed by atoms with Crippen molar-refractivity contribution in [2.24, 2.45) is 0 Å². The summed E-state index contributed by atoms with van der Waals surface area (Å²) in [5.41, 5.74) is 18.6. The summed E-state index contributed by atoms with van der Waals surface area (Å²) in [6.45, 7) is 4.77. The fourth-order valence-corrected chi connectivity index (χ4v) is 10.6. The molecule has 2 heteroatoms. The molecular weight excluding hydrogens is 731 g/mol. The van der Waals surface area contributed by atoms with Crippen LogP contribution in [0, 0.1) is 0 Å². The van der Waals surface area contributed by atoms with Gasteiger partial charge in [0.15, 0.2) is 0 Å². The largest absolute Gasteiger partial charge is 0.311 e. The molecule has 1 aromatic heterocycles. The predicted molar refractivity (Wildman–Crippen MR) is 253 cm³/mol. The lowest BCUT2D eigenvalue weighted by molar-refractivity contribution is 0.662. The highest BCUT2D eigenvalue weighted by molar-refractivity contribution is 7.25. The Morgan fingerprint density at radius 1 is 0.356 bits per heavy atom. The number of rotatable bonds is 7. The van der Waals surface area contributed by atoms with Crippen LogP contribution in [0.1, 0.15) is 25.0 Å². The molecule has 11 rings (SSSR count). The summed E-state index contributed by atoms with van der Waals surface area (Å²) in [5, 5.41) is 2.66. The van der Waals surface area contributed by atoms with Crippen LogP contribution in [-0.2, 0) is 5.41 Å². The zero-order chi connectivity index (χ0) is 39.5. The fraction of sp³-hybridized carbons (Fsp3) is 0.0526. The normalized spacial score (nSPS) is 12.7. The van der Waals surface area contributed by atoms with E-state index in [1.807, 2.05) is 11.3 Å². The van der Waals surface area contributed by atoms with Crippen molar-refractivity contribution in [3.8, 4) is 55.6 Å². The summed E-state index contributed by atoms with van der Waals surface area (Å²) in [6.07, 6.45) is 0. The van der Waals surface area contributed by atoms with Crippen LogP contribution in [0.4, 0.5) is 17.1 Å². The summed E-state index contributed by atoms with van der Waals surface area (Å²) < 4.78 is 2.65. The van der Waals surface area contributed by atoms with E-state index in [2.05, 4.69) is 231 Å². The molecular formula is C57H41NS. The molecule has 0 saturated carbocycles. The van der Waals surface area contributed by atoms with E-state index in [0.717, 1.165) is 17.1 Å². The topological polar surface area (TPSA) is 3.24 Å². The molecule has 0 bridgehead atoms. The number of anilines is 3. The van der Waals surface area contributed by atoms with E-state index in [0.29, 0.717) is 0 Å². The van der Waals surface area contributed by atoms with Crippen LogP contribution in [0.5, 0.6) is 0 Å². The molecule has 0 unspecified atom stereocenters. The summed E-state index contributed by atoms with van der Waals surface area (Å²) in [7, 11) is 0. The SMILES string of the molecule is CC1(C)c2ccc(-c3ccc(N(c4ccccc4)c4ccc(-c5cccc6sc7ccccc7c56)cc4)cc3)cc2-c2cc(-c3ccccc3)cc(-c3ccccc3)c21. The number of nitrogens with zero attached hydrogens (tertiary/aromatic N) is 1. The van der Waals surface area contributed by atoms with Crippen molar-refractivity contribution in [3.63, 3.8) is 0 Å². The van der Waals surface area contributed by atoms with Crippen molar-refractivity contribution in [3.05, 3.63) is 223 Å². The van der Waals surface area contributed by atoms with Gasteiger partial charge in [-0.05, 0) is 133 Å². The van der Waals surface area contributed by atoms with Crippen molar-refractivity contribution in [1.29, 1.82) is 0 Å². The molecule has 0 atom stereocenters. The zero-order valence-electron chi connectivity index (χ0n) is 33.1. The number of hydrogen-bond donors (Lipinski definition) is 0. The summed E-state index contributed by atoms with van der Waals surface area (Å²) in [5.74, 6) is 0. The summed E-state index contributed by atoms with van der Waals surface area (Å²) in [4.78, 5) is 2.35. The van der Waals surface area contributed by atoms with Gasteiger partial charge < -0.3 is 4.90 Å². The molecule has 1 nitrogen and oxygen atoms in total. The molecule has 9 aromatic carbocycles. The van der Waals surface area contributed by atoms with E-state index < -0.39 is 0 Å². The summed E-state index contributed by atoms with van der Waals surface area (Å²) in [6, 6.07) is 77.9. The monoisotopic (exact) mass is 771 g/mol. The van der Waals surface area contributed by atoms with E-state index in [9.17, 15) is 0 Å². The second-order valence-corrected chi connectivity index (χ2v) is 17.2. The van der Waals surface area contributed by atoms with Gasteiger partial charge in [-0.25, -0.2) is 0 Å². The van der Waals surface area contributed by atoms with Crippen LogP contribution in [-0.4, -0.2) is 0 Å². The Hall–Kier alpha value is -7.00. The maximum atomic E-state index is 2.42. The highest BCUT2D eigenvalue weighted by atomic mass is 32.1. The van der Waals surface area contributed by atoms with Gasteiger partial charge in [0.25, 0.3) is 0 Å². The van der Waals surface area contributed by atoms with Crippen molar-refractivity contribution >= 4 is 48.6 Å². The van der Waals surface area contributed by atoms with Crippen LogP contribution < -0.4 is 4.90 Å². The van der Waals surface area contributed by atoms with Gasteiger partial charge in [-0.15, -0.1) is 11.3 Å². The molecule has 0 aliphatic heterocycles. The van der Waals surface area contributed by atoms with Crippen molar-refractivity contribution in [1.82, 2.24) is 0 Å². The van der Waals surface area contributed by atoms with E-state index in [1.54, 1.807) is 0 Å². The highest BCUT2D eigenvalue weighted by Gasteiger charge is 2.38. The maximum absolute atomic E-state index is 2.42. The van der Waals surface area contributed by atoms with Gasteiger partial charge in [0.2, 0.25) is 0 Å². The molecule has 59 heavy (non-hydrogen) atoms. The number of thiophene rings is 1. The number of benzene rings is 9. The van der Waals surface area contributed by atoms with Crippen molar-refractivity contribution in [2.45, 2.75) is 19.3 Å². The average molecular weight is 772 g/mol. The minimum Gasteiger partial charge on any atom is -0.311 e. The van der Waals surface area contributed by atoms with Gasteiger partial charge in [-0.3, -0.25) is 0 Å². The molecule has 0 fully saturated rings. The second kappa shape index (κ2) is 14.1. The Balaban J connectivity index is 0.972. The van der Waals surface area contributed by atoms with Crippen LogP contribution in [0.3, 0.4) is 0 Å². The van der Waals surface area contributed by atoms with E-state index in [4.69, 9.17) is 0 Å². The number of fused-ring (bicyclic) bond motifs is 6. The van der Waals surface area contributed by atoms with E-state index in [-0.39, 0.29) is 5.41 Å². The first kappa shape index (κ1) is 35.2. The third-order valence-corrected chi connectivity index (χ3v) is 13.4. The molecule has 0 radical (unpaired) electrons. The first-order valence-electron chi connectivity index (χ1n) is 20.4. The molecule has 0 spiro atoms. The zero-order valence-corrected chi connectivity index (χ0v) is 33.9. The minimum atomic E-state index is -0.150. The Morgan fingerprint density at radius 2 is 0.864 bits per heavy atom. The third kappa shape index (κ3) is 5.99. The standard InChI is InChI=1S/C57H41NS/c1-57(2)52-34-29-42(35-50(52)51-37-43(38-15-6-3-7-16-38)36-49(56(51)57)40-17-8-4-9-18-40)39-25-30-45(31-26-39)58(44-19-10-5-11-20-44)46-32-27-41(28-33-46)47-22-14-24-54-55(47)48-21-12-13-23-53(48)59-54/h3-37H,1-2H3. The Kier molecular flexibility index (Phi) is 8.43. The lowest BCUT2D eigenvalue weighted by atomic mass is 9.78. The van der Waals surface area contributed by atoms with E-state index >= 15 is 0 Å². The molecule has 0 N–H and O–H groups in total. The van der Waals surface area contributed by atoms with Gasteiger partial charge in [0.1, 0.15) is 0 Å². The predicted octanol–water partition coefficient (Wildman–Crippen LogP) is 16.5. The van der Waals surface area contributed by atoms with Gasteiger partial charge in [-0.2, -0.15) is 0 Å². The van der Waals surface area contributed by atoms with E-state index in [1.165, 1.54) is 86.9 Å². The fourth-order valence-electron chi connectivity index (χ4n) is 9.43. The first-order valence-corrected chi connectivity index (χ1v) is 21.2. The molecule has 1 aliphatic carbocycles. The molecule has 280 valence electrons. The lowest BCUT2D eigenvalue weighted by Gasteiger charge is -2.26. The highest BCUT2D eigenvalue weighted by Crippen LogP contribution is 2.54. The van der Waals surface area contributed by atoms with Crippen LogP contribution >= 0.6 is 11.3 Å². The van der Waals surface area contributed by atoms with Gasteiger partial charge in [-0.1, -0.05) is 159 Å². The third-order valence-electron chi connectivity index (χ3n) is 12.3. The minimum absolute atomic E-state index is 0.150. The molecule has 10 aromatic rings. The first-order chi connectivity index (χ1) is 29.0. The van der Waals surface area contributed by atoms with Crippen LogP contribution in [0.15, 0.2) is 212 Å². The molecule has 0 amide bonds. The van der Waals surface area contributed by atoms with Crippen molar-refractivity contribution < 1.29 is 0 Å². The Labute approximate surface area is 350 Å². The van der Waals surface area contributed by atoms with Gasteiger partial charge in [0, 0.05) is 42.6 Å². The number of hydrogen-bond acceptors (Lipinski definition) is 2. The lowest BCUT2D eigenvalue weighted by Crippen LogP contribution is -2.16. The smallest absolute Gasteiger partial charge is 0.0462 e. The average Bonchev–Trinajstić information content (AvgIpc) is 3.79.